The molecule has 0 atom stereocenters. The molecular weight excluding hydrogens is 356 g/mol. The number of carbonyl (C=O) groups excluding carboxylic acids is 1. The first-order valence-corrected chi connectivity index (χ1v) is 7.27. The van der Waals surface area contributed by atoms with E-state index in [1.165, 1.54) is 48.5 Å². The van der Waals surface area contributed by atoms with Crippen molar-refractivity contribution in [3.05, 3.63) is 70.8 Å². The summed E-state index contributed by atoms with van der Waals surface area (Å²) >= 11 is 0. The molecule has 0 aliphatic rings. The van der Waals surface area contributed by atoms with Crippen molar-refractivity contribution in [3.8, 4) is 12.3 Å². The van der Waals surface area contributed by atoms with Crippen LogP contribution in [0.25, 0.3) is 0 Å². The molecule has 2 aromatic rings. The minimum Gasteiger partial charge on any atom is -0.478 e. The van der Waals surface area contributed by atoms with Crippen LogP contribution in [0.2, 0.25) is 0 Å². The maximum atomic E-state index is 11.2. The van der Waals surface area contributed by atoms with Gasteiger partial charge in [0.1, 0.15) is 0 Å². The Labute approximate surface area is 153 Å². The lowest BCUT2D eigenvalue weighted by Gasteiger charge is -2.00. The molecule has 27 heavy (non-hydrogen) atoms. The van der Waals surface area contributed by atoms with E-state index in [2.05, 4.69) is 10.7 Å². The van der Waals surface area contributed by atoms with Crippen LogP contribution in [0.1, 0.15) is 41.4 Å². The third-order valence-corrected chi connectivity index (χ3v) is 3.03. The molecule has 0 saturated heterocycles. The van der Waals surface area contributed by atoms with Crippen LogP contribution >= 0.6 is 0 Å². The highest BCUT2D eigenvalue weighted by molar-refractivity contribution is 5.93. The van der Waals surface area contributed by atoms with Gasteiger partial charge in [0.05, 0.1) is 22.3 Å². The molecule has 0 saturated carbocycles. The number of benzene rings is 2. The highest BCUT2D eigenvalue weighted by atomic mass is 16.5. The molecule has 0 radical (unpaired) electrons. The van der Waals surface area contributed by atoms with Gasteiger partial charge < -0.3 is 20.1 Å². The van der Waals surface area contributed by atoms with Gasteiger partial charge in [-0.2, -0.15) is 0 Å². The molecule has 0 heterocycles. The van der Waals surface area contributed by atoms with Gasteiger partial charge in [0.15, 0.2) is 6.61 Å². The number of terminal acetylenes is 1. The second kappa shape index (κ2) is 10.0. The summed E-state index contributed by atoms with van der Waals surface area (Å²) in [4.78, 5) is 42.4. The zero-order valence-electron chi connectivity index (χ0n) is 13.8. The third-order valence-electron chi connectivity index (χ3n) is 3.03. The lowest BCUT2D eigenvalue weighted by molar-refractivity contribution is 0.0554. The fourth-order valence-electron chi connectivity index (χ4n) is 1.69. The number of carboxylic acid groups (broad SMARTS) is 3. The maximum Gasteiger partial charge on any atom is 0.339 e. The average Bonchev–Trinajstić information content (AvgIpc) is 2.66. The van der Waals surface area contributed by atoms with Gasteiger partial charge in [0, 0.05) is 0 Å². The summed E-state index contributed by atoms with van der Waals surface area (Å²) in [6, 6.07) is 10.4. The molecule has 0 aliphatic heterocycles. The minimum absolute atomic E-state index is 0.0833. The van der Waals surface area contributed by atoms with Crippen LogP contribution in [0, 0.1) is 12.3 Å². The molecule has 0 fully saturated rings. The first kappa shape index (κ1) is 20.9. The number of carbonyl (C=O) groups is 4. The van der Waals surface area contributed by atoms with Crippen LogP contribution in [0.5, 0.6) is 0 Å². The van der Waals surface area contributed by atoms with Crippen molar-refractivity contribution in [2.45, 2.75) is 0 Å². The van der Waals surface area contributed by atoms with Gasteiger partial charge in [0.2, 0.25) is 0 Å². The van der Waals surface area contributed by atoms with Crippen molar-refractivity contribution in [3.63, 3.8) is 0 Å². The maximum absolute atomic E-state index is 11.2. The first-order valence-electron chi connectivity index (χ1n) is 7.27. The van der Waals surface area contributed by atoms with Crippen LogP contribution in [-0.2, 0) is 4.74 Å². The van der Waals surface area contributed by atoms with Crippen LogP contribution in [0.3, 0.4) is 0 Å². The van der Waals surface area contributed by atoms with Gasteiger partial charge in [-0.25, -0.2) is 19.2 Å². The molecule has 8 nitrogen and oxygen atoms in total. The number of hydrogen-bond acceptors (Lipinski definition) is 5. The van der Waals surface area contributed by atoms with E-state index in [0.29, 0.717) is 0 Å². The summed E-state index contributed by atoms with van der Waals surface area (Å²) in [5.74, 6) is -1.57. The van der Waals surface area contributed by atoms with Gasteiger partial charge in [-0.15, -0.1) is 6.42 Å². The molecule has 2 aromatic carbocycles. The number of hydrogen-bond donors (Lipinski definition) is 3. The van der Waals surface area contributed by atoms with Crippen LogP contribution in [0.15, 0.2) is 48.5 Å². The second-order valence-electron chi connectivity index (χ2n) is 4.85. The minimum atomic E-state index is -1.06. The van der Waals surface area contributed by atoms with Crippen molar-refractivity contribution >= 4 is 23.9 Å². The summed E-state index contributed by atoms with van der Waals surface area (Å²) in [5.41, 5.74) is 0.554. The zero-order chi connectivity index (χ0) is 20.4. The lowest BCUT2D eigenvalue weighted by atomic mass is 10.1. The summed E-state index contributed by atoms with van der Waals surface area (Å²) in [6.07, 6.45) is 4.91. The molecule has 2 rings (SSSR count). The Balaban J connectivity index is 0.000000277. The fourth-order valence-corrected chi connectivity index (χ4v) is 1.69. The van der Waals surface area contributed by atoms with Crippen molar-refractivity contribution in [1.29, 1.82) is 0 Å². The molecule has 138 valence electrons. The first-order chi connectivity index (χ1) is 12.8. The quantitative estimate of drug-likeness (QED) is 0.538. The van der Waals surface area contributed by atoms with Gasteiger partial charge in [-0.3, -0.25) is 0 Å². The summed E-state index contributed by atoms with van der Waals surface area (Å²) in [6.45, 7) is -0.0977. The van der Waals surface area contributed by atoms with E-state index in [4.69, 9.17) is 21.7 Å². The Bertz CT molecular complexity index is 840. The van der Waals surface area contributed by atoms with E-state index < -0.39 is 23.9 Å². The van der Waals surface area contributed by atoms with Crippen LogP contribution < -0.4 is 0 Å². The molecule has 0 unspecified atom stereocenters. The van der Waals surface area contributed by atoms with E-state index in [9.17, 15) is 19.2 Å². The normalized spacial score (nSPS) is 9.15. The lowest BCUT2D eigenvalue weighted by Crippen LogP contribution is -2.06. The Kier molecular flexibility index (Phi) is 7.75. The molecule has 0 spiro atoms. The van der Waals surface area contributed by atoms with E-state index in [0.717, 1.165) is 0 Å². The van der Waals surface area contributed by atoms with Crippen molar-refractivity contribution in [2.75, 3.05) is 6.61 Å². The average molecular weight is 370 g/mol. The molecule has 0 bridgehead atoms. The molecule has 0 aliphatic carbocycles. The van der Waals surface area contributed by atoms with Gasteiger partial charge in [-0.1, -0.05) is 5.92 Å². The van der Waals surface area contributed by atoms with Gasteiger partial charge in [-0.05, 0) is 48.5 Å². The largest absolute Gasteiger partial charge is 0.478 e. The third kappa shape index (κ3) is 6.72. The molecule has 0 amide bonds. The summed E-state index contributed by atoms with van der Waals surface area (Å²) in [5, 5.41) is 25.5. The monoisotopic (exact) mass is 370 g/mol. The number of carboxylic acids is 3. The van der Waals surface area contributed by atoms with E-state index >= 15 is 0 Å². The second-order valence-corrected chi connectivity index (χ2v) is 4.85. The van der Waals surface area contributed by atoms with Gasteiger partial charge in [0.25, 0.3) is 0 Å². The highest BCUT2D eigenvalue weighted by Gasteiger charge is 2.08. The number of ether oxygens (including phenoxy) is 1. The molecule has 0 aromatic heterocycles. The number of aromatic carboxylic acids is 3. The van der Waals surface area contributed by atoms with Gasteiger partial charge >= 0.3 is 23.9 Å². The Hall–Kier alpha value is -4.12. The molecule has 3 N–H and O–H groups in total. The molecular formula is C19H14O8. The number of esters is 1. The molecule has 8 heteroatoms. The Morgan fingerprint density at radius 1 is 0.704 bits per heavy atom. The van der Waals surface area contributed by atoms with E-state index in [1.54, 1.807) is 0 Å². The van der Waals surface area contributed by atoms with E-state index in [1.807, 2.05) is 0 Å². The fraction of sp³-hybridized carbons (Fsp3) is 0.0526. The Morgan fingerprint density at radius 3 is 1.26 bits per heavy atom. The van der Waals surface area contributed by atoms with Crippen LogP contribution in [0.4, 0.5) is 0 Å². The van der Waals surface area contributed by atoms with Crippen LogP contribution in [-0.4, -0.2) is 45.8 Å². The smallest absolute Gasteiger partial charge is 0.339 e. The summed E-state index contributed by atoms with van der Waals surface area (Å²) in [7, 11) is 0. The SMILES string of the molecule is C#CCOC(=O)c1ccc(C(=O)O)cc1.O=C(O)c1ccc(C(=O)O)cc1. The summed E-state index contributed by atoms with van der Waals surface area (Å²) < 4.78 is 4.66. The zero-order valence-corrected chi connectivity index (χ0v) is 13.8. The van der Waals surface area contributed by atoms with E-state index in [-0.39, 0.29) is 28.9 Å². The topological polar surface area (TPSA) is 138 Å². The number of rotatable bonds is 5. The van der Waals surface area contributed by atoms with Crippen molar-refractivity contribution < 1.29 is 39.2 Å². The van der Waals surface area contributed by atoms with Crippen molar-refractivity contribution in [2.24, 2.45) is 0 Å². The standard InChI is InChI=1S/C11H8O4.C8H6O4/c1-2-7-15-11(14)9-5-3-8(4-6-9)10(12)13;9-7(10)5-1-2-6(4-3-5)8(11)12/h1,3-6H,7H2,(H,12,13);1-4H,(H,9,10)(H,11,12). The highest BCUT2D eigenvalue weighted by Crippen LogP contribution is 2.06. The predicted molar refractivity (Wildman–Crippen MR) is 92.9 cm³/mol. The van der Waals surface area contributed by atoms with Crippen molar-refractivity contribution in [1.82, 2.24) is 0 Å². The Morgan fingerprint density at radius 2 is 1.00 bits per heavy atom. The predicted octanol–water partition coefficient (Wildman–Crippen LogP) is 2.26.